The van der Waals surface area contributed by atoms with Crippen LogP contribution in [0.5, 0.6) is 11.5 Å². The number of aryl methyl sites for hydroxylation is 1. The third-order valence-corrected chi connectivity index (χ3v) is 4.20. The lowest BCUT2D eigenvalue weighted by molar-refractivity contribution is -0.121. The summed E-state index contributed by atoms with van der Waals surface area (Å²) in [5, 5.41) is 3.76. The lowest BCUT2D eigenvalue weighted by Gasteiger charge is -2.11. The predicted molar refractivity (Wildman–Crippen MR) is 104 cm³/mol. The average Bonchev–Trinajstić information content (AvgIpc) is 2.70. The first kappa shape index (κ1) is 18.5. The van der Waals surface area contributed by atoms with Crippen molar-refractivity contribution in [1.82, 2.24) is 10.3 Å². The van der Waals surface area contributed by atoms with Crippen molar-refractivity contribution in [3.8, 4) is 11.5 Å². The van der Waals surface area contributed by atoms with Crippen LogP contribution >= 0.6 is 0 Å². The van der Waals surface area contributed by atoms with E-state index < -0.39 is 0 Å². The molecule has 0 bridgehead atoms. The third-order valence-electron chi connectivity index (χ3n) is 4.20. The first-order valence-corrected chi connectivity index (χ1v) is 8.81. The van der Waals surface area contributed by atoms with Gasteiger partial charge in [-0.1, -0.05) is 30.3 Å². The molecule has 0 spiro atoms. The van der Waals surface area contributed by atoms with E-state index in [9.17, 15) is 9.59 Å². The maximum Gasteiger partial charge on any atom is 0.251 e. The number of carbonyl (C=O) groups is 1. The van der Waals surface area contributed by atoms with E-state index in [1.807, 2.05) is 54.6 Å². The topological polar surface area (TPSA) is 80.4 Å². The van der Waals surface area contributed by atoms with Crippen LogP contribution in [0, 0.1) is 0 Å². The Hall–Kier alpha value is -3.28. The van der Waals surface area contributed by atoms with Crippen LogP contribution in [0.25, 0.3) is 10.9 Å². The Morgan fingerprint density at radius 3 is 2.63 bits per heavy atom. The van der Waals surface area contributed by atoms with E-state index in [4.69, 9.17) is 9.47 Å². The number of nitrogens with one attached hydrogen (secondary N) is 2. The molecule has 27 heavy (non-hydrogen) atoms. The smallest absolute Gasteiger partial charge is 0.251 e. The quantitative estimate of drug-likeness (QED) is 0.601. The van der Waals surface area contributed by atoms with Crippen LogP contribution in [-0.4, -0.2) is 31.2 Å². The Bertz CT molecular complexity index is 981. The van der Waals surface area contributed by atoms with Crippen LogP contribution in [-0.2, 0) is 11.2 Å². The number of carbonyl (C=O) groups excluding carboxylic acids is 1. The molecule has 1 amide bonds. The van der Waals surface area contributed by atoms with Crippen LogP contribution in [0.3, 0.4) is 0 Å². The summed E-state index contributed by atoms with van der Waals surface area (Å²) < 4.78 is 10.8. The zero-order chi connectivity index (χ0) is 19.1. The lowest BCUT2D eigenvalue weighted by atomic mass is 10.1. The van der Waals surface area contributed by atoms with Crippen molar-refractivity contribution in [1.29, 1.82) is 0 Å². The second-order valence-electron chi connectivity index (χ2n) is 6.06. The summed E-state index contributed by atoms with van der Waals surface area (Å²) in [5.74, 6) is 1.17. The monoisotopic (exact) mass is 366 g/mol. The highest BCUT2D eigenvalue weighted by Gasteiger charge is 2.07. The van der Waals surface area contributed by atoms with E-state index in [2.05, 4.69) is 10.3 Å². The van der Waals surface area contributed by atoms with Gasteiger partial charge in [-0.25, -0.2) is 0 Å². The molecule has 3 rings (SSSR count). The fraction of sp³-hybridized carbons (Fsp3) is 0.238. The van der Waals surface area contributed by atoms with Crippen molar-refractivity contribution >= 4 is 16.8 Å². The molecule has 6 nitrogen and oxygen atoms in total. The Morgan fingerprint density at radius 2 is 1.81 bits per heavy atom. The SMILES string of the molecule is COc1ccccc1OCCNC(=O)CCc1cc2ccccc2[nH]c1=O. The highest BCUT2D eigenvalue weighted by molar-refractivity contribution is 5.79. The average molecular weight is 366 g/mol. The largest absolute Gasteiger partial charge is 0.493 e. The highest BCUT2D eigenvalue weighted by atomic mass is 16.5. The number of H-pyrrole nitrogens is 1. The van der Waals surface area contributed by atoms with Crippen LogP contribution in [0.1, 0.15) is 12.0 Å². The van der Waals surface area contributed by atoms with E-state index in [1.54, 1.807) is 7.11 Å². The van der Waals surface area contributed by atoms with Gasteiger partial charge in [-0.05, 0) is 36.1 Å². The van der Waals surface area contributed by atoms with Crippen molar-refractivity contribution in [2.75, 3.05) is 20.3 Å². The molecule has 0 unspecified atom stereocenters. The summed E-state index contributed by atoms with van der Waals surface area (Å²) >= 11 is 0. The minimum Gasteiger partial charge on any atom is -0.493 e. The van der Waals surface area contributed by atoms with Gasteiger partial charge in [-0.2, -0.15) is 0 Å². The standard InChI is InChI=1S/C21H22N2O4/c1-26-18-8-4-5-9-19(18)27-13-12-22-20(24)11-10-16-14-15-6-2-3-7-17(15)23-21(16)25/h2-9,14H,10-13H2,1H3,(H,22,24)(H,23,25). The minimum absolute atomic E-state index is 0.119. The van der Waals surface area contributed by atoms with Gasteiger partial charge < -0.3 is 19.8 Å². The number of methoxy groups -OCH3 is 1. The molecular weight excluding hydrogens is 344 g/mol. The Balaban J connectivity index is 1.46. The number of pyridine rings is 1. The van der Waals surface area contributed by atoms with Crippen LogP contribution in [0.4, 0.5) is 0 Å². The van der Waals surface area contributed by atoms with Crippen LogP contribution in [0.15, 0.2) is 59.4 Å². The third kappa shape index (κ3) is 4.88. The summed E-state index contributed by atoms with van der Waals surface area (Å²) in [6.07, 6.45) is 0.634. The number of para-hydroxylation sites is 3. The molecule has 6 heteroatoms. The van der Waals surface area contributed by atoms with Gasteiger partial charge in [0.1, 0.15) is 6.61 Å². The second kappa shape index (κ2) is 8.89. The van der Waals surface area contributed by atoms with Gasteiger partial charge in [0.15, 0.2) is 11.5 Å². The molecule has 1 aromatic heterocycles. The number of benzene rings is 2. The van der Waals surface area contributed by atoms with Gasteiger partial charge in [0.05, 0.1) is 13.7 Å². The van der Waals surface area contributed by atoms with Crippen LogP contribution < -0.4 is 20.3 Å². The number of aromatic amines is 1. The van der Waals surface area contributed by atoms with Crippen molar-refractivity contribution in [2.45, 2.75) is 12.8 Å². The Morgan fingerprint density at radius 1 is 1.07 bits per heavy atom. The van der Waals surface area contributed by atoms with E-state index in [-0.39, 0.29) is 17.9 Å². The highest BCUT2D eigenvalue weighted by Crippen LogP contribution is 2.25. The molecule has 140 valence electrons. The predicted octanol–water partition coefficient (Wildman–Crippen LogP) is 2.66. The fourth-order valence-corrected chi connectivity index (χ4v) is 2.80. The molecule has 2 aromatic carbocycles. The number of fused-ring (bicyclic) bond motifs is 1. The molecule has 2 N–H and O–H groups in total. The first-order chi connectivity index (χ1) is 13.2. The molecule has 0 saturated carbocycles. The van der Waals surface area contributed by atoms with Crippen molar-refractivity contribution in [3.63, 3.8) is 0 Å². The molecular formula is C21H22N2O4. The Labute approximate surface area is 157 Å². The van der Waals surface area contributed by atoms with E-state index in [0.29, 0.717) is 36.6 Å². The summed E-state index contributed by atoms with van der Waals surface area (Å²) in [4.78, 5) is 27.0. The summed E-state index contributed by atoms with van der Waals surface area (Å²) in [6, 6.07) is 16.8. The van der Waals surface area contributed by atoms with Gasteiger partial charge in [0.2, 0.25) is 5.91 Å². The molecule has 0 radical (unpaired) electrons. The van der Waals surface area contributed by atoms with Gasteiger partial charge in [-0.15, -0.1) is 0 Å². The molecule has 0 saturated heterocycles. The van der Waals surface area contributed by atoms with E-state index in [1.165, 1.54) is 0 Å². The second-order valence-corrected chi connectivity index (χ2v) is 6.06. The fourth-order valence-electron chi connectivity index (χ4n) is 2.80. The van der Waals surface area contributed by atoms with Gasteiger partial charge in [-0.3, -0.25) is 9.59 Å². The summed E-state index contributed by atoms with van der Waals surface area (Å²) in [6.45, 7) is 0.716. The summed E-state index contributed by atoms with van der Waals surface area (Å²) in [5.41, 5.74) is 1.25. The lowest BCUT2D eigenvalue weighted by Crippen LogP contribution is -2.28. The number of hydrogen-bond donors (Lipinski definition) is 2. The van der Waals surface area contributed by atoms with E-state index in [0.717, 1.165) is 10.9 Å². The number of rotatable bonds is 8. The molecule has 0 aliphatic rings. The maximum absolute atomic E-state index is 12.1. The Kier molecular flexibility index (Phi) is 6.10. The number of amides is 1. The number of aromatic nitrogens is 1. The summed E-state index contributed by atoms with van der Waals surface area (Å²) in [7, 11) is 1.58. The molecule has 1 heterocycles. The van der Waals surface area contributed by atoms with Crippen molar-refractivity contribution < 1.29 is 14.3 Å². The molecule has 0 aliphatic heterocycles. The maximum atomic E-state index is 12.1. The van der Waals surface area contributed by atoms with Gasteiger partial charge in [0, 0.05) is 17.5 Å². The van der Waals surface area contributed by atoms with Crippen molar-refractivity contribution in [2.24, 2.45) is 0 Å². The molecule has 0 aliphatic carbocycles. The normalized spacial score (nSPS) is 10.6. The zero-order valence-corrected chi connectivity index (χ0v) is 15.2. The molecule has 3 aromatic rings. The minimum atomic E-state index is -0.152. The number of hydrogen-bond acceptors (Lipinski definition) is 4. The molecule has 0 atom stereocenters. The van der Waals surface area contributed by atoms with Gasteiger partial charge in [0.25, 0.3) is 5.56 Å². The zero-order valence-electron chi connectivity index (χ0n) is 15.2. The first-order valence-electron chi connectivity index (χ1n) is 8.81. The molecule has 0 fully saturated rings. The van der Waals surface area contributed by atoms with Crippen LogP contribution in [0.2, 0.25) is 0 Å². The van der Waals surface area contributed by atoms with Gasteiger partial charge >= 0.3 is 0 Å². The number of ether oxygens (including phenoxy) is 2. The van der Waals surface area contributed by atoms with Crippen molar-refractivity contribution in [3.05, 3.63) is 70.5 Å². The van der Waals surface area contributed by atoms with E-state index >= 15 is 0 Å².